The quantitative estimate of drug-likeness (QED) is 0.604. The van der Waals surface area contributed by atoms with Crippen LogP contribution in [0.3, 0.4) is 0 Å². The van der Waals surface area contributed by atoms with E-state index in [0.717, 1.165) is 44.5 Å². The maximum Gasteiger partial charge on any atom is 0.306 e. The summed E-state index contributed by atoms with van der Waals surface area (Å²) in [5, 5.41) is 8.78. The molecule has 0 heterocycles. The molecule has 0 amide bonds. The first kappa shape index (κ1) is 20.8. The van der Waals surface area contributed by atoms with Gasteiger partial charge in [-0.25, -0.2) is 0 Å². The molecule has 0 aromatic heterocycles. The molecular formula is C16H30N2O2. The number of carboxylic acids is 1. The number of allylic oxidation sites excluding steroid dienone is 1. The molecule has 1 unspecified atom stereocenters. The molecule has 20 heavy (non-hydrogen) atoms. The summed E-state index contributed by atoms with van der Waals surface area (Å²) in [6.07, 6.45) is 5.66. The van der Waals surface area contributed by atoms with Gasteiger partial charge in [0.05, 0.1) is 5.92 Å². The normalized spacial score (nSPS) is 11.2. The van der Waals surface area contributed by atoms with Gasteiger partial charge in [-0.2, -0.15) is 0 Å². The zero-order valence-corrected chi connectivity index (χ0v) is 13.0. The Morgan fingerprint density at radius 2 is 1.95 bits per heavy atom. The van der Waals surface area contributed by atoms with Gasteiger partial charge < -0.3 is 15.7 Å². The first-order valence-corrected chi connectivity index (χ1v) is 7.00. The van der Waals surface area contributed by atoms with Crippen LogP contribution in [0.2, 0.25) is 0 Å². The van der Waals surface area contributed by atoms with Crippen molar-refractivity contribution in [1.82, 2.24) is 4.90 Å². The largest absolute Gasteiger partial charge is 0.481 e. The Labute approximate surface area is 123 Å². The van der Waals surface area contributed by atoms with Gasteiger partial charge in [-0.3, -0.25) is 4.79 Å². The third-order valence-corrected chi connectivity index (χ3v) is 3.02. The van der Waals surface area contributed by atoms with E-state index in [4.69, 9.17) is 5.11 Å². The fourth-order valence-electron chi connectivity index (χ4n) is 1.58. The molecule has 4 nitrogen and oxygen atoms in total. The van der Waals surface area contributed by atoms with Gasteiger partial charge in [-0.1, -0.05) is 45.2 Å². The number of aliphatic carboxylic acids is 1. The minimum atomic E-state index is -0.701. The monoisotopic (exact) mass is 282 g/mol. The predicted molar refractivity (Wildman–Crippen MR) is 86.5 cm³/mol. The van der Waals surface area contributed by atoms with Crippen LogP contribution in [0.4, 0.5) is 0 Å². The van der Waals surface area contributed by atoms with Gasteiger partial charge in [-0.05, 0) is 38.6 Å². The number of nitrogens with zero attached hydrogens (tertiary/aromatic N) is 1. The topological polar surface area (TPSA) is 66.6 Å². The van der Waals surface area contributed by atoms with Gasteiger partial charge in [0.25, 0.3) is 0 Å². The Morgan fingerprint density at radius 1 is 1.40 bits per heavy atom. The summed E-state index contributed by atoms with van der Waals surface area (Å²) in [5.74, 6) is -0.940. The average molecular weight is 282 g/mol. The van der Waals surface area contributed by atoms with Crippen LogP contribution in [-0.4, -0.2) is 35.6 Å². The van der Waals surface area contributed by atoms with E-state index in [9.17, 15) is 4.79 Å². The van der Waals surface area contributed by atoms with Crippen molar-refractivity contribution in [3.63, 3.8) is 0 Å². The van der Waals surface area contributed by atoms with E-state index >= 15 is 0 Å². The molecule has 0 bridgehead atoms. The molecule has 0 fully saturated rings. The molecule has 1 atom stereocenters. The van der Waals surface area contributed by atoms with Crippen LogP contribution in [0.15, 0.2) is 37.6 Å². The smallest absolute Gasteiger partial charge is 0.306 e. The number of hydrogen-bond donors (Lipinski definition) is 2. The molecule has 0 aliphatic carbocycles. The summed E-state index contributed by atoms with van der Waals surface area (Å²) in [6.45, 7) is 17.5. The third-order valence-electron chi connectivity index (χ3n) is 3.02. The Morgan fingerprint density at radius 3 is 2.35 bits per heavy atom. The van der Waals surface area contributed by atoms with Gasteiger partial charge in [0.15, 0.2) is 0 Å². The van der Waals surface area contributed by atoms with Crippen LogP contribution < -0.4 is 5.73 Å². The minimum absolute atomic E-state index is 0.239. The Kier molecular flexibility index (Phi) is 14.4. The molecule has 0 aliphatic heterocycles. The zero-order chi connectivity index (χ0) is 16.0. The number of rotatable bonds is 10. The van der Waals surface area contributed by atoms with Crippen molar-refractivity contribution in [2.75, 3.05) is 19.6 Å². The van der Waals surface area contributed by atoms with Gasteiger partial charge >= 0.3 is 5.97 Å². The van der Waals surface area contributed by atoms with E-state index in [0.29, 0.717) is 0 Å². The molecule has 3 N–H and O–H groups in total. The Bertz CT molecular complexity index is 301. The molecule has 0 aromatic rings. The maximum atomic E-state index is 10.7. The molecule has 0 aliphatic rings. The highest BCUT2D eigenvalue weighted by Crippen LogP contribution is 2.08. The van der Waals surface area contributed by atoms with Crippen molar-refractivity contribution in [2.45, 2.75) is 33.1 Å². The van der Waals surface area contributed by atoms with Crippen LogP contribution in [0.5, 0.6) is 0 Å². The van der Waals surface area contributed by atoms with Crippen molar-refractivity contribution < 1.29 is 9.90 Å². The fraction of sp³-hybridized carbons (Fsp3) is 0.562. The van der Waals surface area contributed by atoms with E-state index in [1.807, 2.05) is 0 Å². The SMILES string of the molecule is C=CC(=C)CCN(CC)CCCC(C)C(=O)O.C=CN. The van der Waals surface area contributed by atoms with Crippen LogP contribution in [-0.2, 0) is 4.79 Å². The molecule has 0 saturated heterocycles. The summed E-state index contributed by atoms with van der Waals surface area (Å²) >= 11 is 0. The van der Waals surface area contributed by atoms with E-state index in [-0.39, 0.29) is 5.92 Å². The van der Waals surface area contributed by atoms with E-state index in [2.05, 4.69) is 37.3 Å². The summed E-state index contributed by atoms with van der Waals surface area (Å²) in [4.78, 5) is 13.0. The van der Waals surface area contributed by atoms with Gasteiger partial charge in [-0.15, -0.1) is 0 Å². The van der Waals surface area contributed by atoms with Crippen molar-refractivity contribution >= 4 is 5.97 Å². The highest BCUT2D eigenvalue weighted by molar-refractivity contribution is 5.69. The van der Waals surface area contributed by atoms with Crippen LogP contribution in [0.25, 0.3) is 0 Å². The highest BCUT2D eigenvalue weighted by atomic mass is 16.4. The predicted octanol–water partition coefficient (Wildman–Crippen LogP) is 3.03. The van der Waals surface area contributed by atoms with Gasteiger partial charge in [0.2, 0.25) is 0 Å². The molecule has 116 valence electrons. The van der Waals surface area contributed by atoms with Crippen molar-refractivity contribution in [1.29, 1.82) is 0 Å². The zero-order valence-electron chi connectivity index (χ0n) is 13.0. The number of nitrogens with two attached hydrogens (primary N) is 1. The lowest BCUT2D eigenvalue weighted by atomic mass is 10.1. The van der Waals surface area contributed by atoms with Gasteiger partial charge in [0.1, 0.15) is 0 Å². The van der Waals surface area contributed by atoms with Gasteiger partial charge in [0, 0.05) is 6.54 Å². The minimum Gasteiger partial charge on any atom is -0.481 e. The summed E-state index contributed by atoms with van der Waals surface area (Å²) in [7, 11) is 0. The Hall–Kier alpha value is -1.55. The number of carbonyl (C=O) groups is 1. The van der Waals surface area contributed by atoms with Crippen LogP contribution in [0, 0.1) is 5.92 Å². The number of hydrogen-bond acceptors (Lipinski definition) is 3. The number of carboxylic acid groups (broad SMARTS) is 1. The highest BCUT2D eigenvalue weighted by Gasteiger charge is 2.11. The lowest BCUT2D eigenvalue weighted by molar-refractivity contribution is -0.141. The van der Waals surface area contributed by atoms with Crippen LogP contribution >= 0.6 is 0 Å². The van der Waals surface area contributed by atoms with Crippen molar-refractivity contribution in [3.8, 4) is 0 Å². The summed E-state index contributed by atoms with van der Waals surface area (Å²) in [6, 6.07) is 0. The van der Waals surface area contributed by atoms with E-state index < -0.39 is 5.97 Å². The van der Waals surface area contributed by atoms with E-state index in [1.54, 1.807) is 13.0 Å². The standard InChI is InChI=1S/C14H25NO2.C2H5N/c1-5-12(3)9-11-15(6-2)10-7-8-13(4)14(16)17;1-2-3/h5,13H,1,3,6-11H2,2,4H3,(H,16,17);2H,1,3H2. The first-order valence-electron chi connectivity index (χ1n) is 7.00. The second kappa shape index (κ2) is 13.9. The summed E-state index contributed by atoms with van der Waals surface area (Å²) in [5.41, 5.74) is 5.67. The van der Waals surface area contributed by atoms with Crippen molar-refractivity contribution in [3.05, 3.63) is 37.6 Å². The average Bonchev–Trinajstić information content (AvgIpc) is 2.42. The molecular weight excluding hydrogens is 252 g/mol. The maximum absolute atomic E-state index is 10.7. The molecule has 0 aromatic carbocycles. The second-order valence-electron chi connectivity index (χ2n) is 4.66. The summed E-state index contributed by atoms with van der Waals surface area (Å²) < 4.78 is 0. The molecule has 0 rings (SSSR count). The molecule has 0 radical (unpaired) electrons. The molecule has 0 spiro atoms. The lowest BCUT2D eigenvalue weighted by Crippen LogP contribution is -2.26. The lowest BCUT2D eigenvalue weighted by Gasteiger charge is -2.20. The van der Waals surface area contributed by atoms with Crippen LogP contribution in [0.1, 0.15) is 33.1 Å². The molecule has 4 heteroatoms. The Balaban J connectivity index is 0. The molecule has 0 saturated carbocycles. The first-order chi connectivity index (χ1) is 9.42. The second-order valence-corrected chi connectivity index (χ2v) is 4.66. The van der Waals surface area contributed by atoms with Crippen molar-refractivity contribution in [2.24, 2.45) is 11.7 Å². The fourth-order valence-corrected chi connectivity index (χ4v) is 1.58. The van der Waals surface area contributed by atoms with E-state index in [1.165, 1.54) is 6.20 Å². The third kappa shape index (κ3) is 12.9.